The molecule has 1 fully saturated rings. The number of halogens is 2. The summed E-state index contributed by atoms with van der Waals surface area (Å²) >= 11 is 12.1. The van der Waals surface area contributed by atoms with E-state index in [9.17, 15) is 9.59 Å². The van der Waals surface area contributed by atoms with E-state index in [1.54, 1.807) is 37.3 Å². The van der Waals surface area contributed by atoms with Crippen LogP contribution in [0.15, 0.2) is 48.5 Å². The van der Waals surface area contributed by atoms with Gasteiger partial charge in [-0.1, -0.05) is 35.9 Å². The summed E-state index contributed by atoms with van der Waals surface area (Å²) in [6, 6.07) is 13.4. The maximum Gasteiger partial charge on any atom is 0.346 e. The van der Waals surface area contributed by atoms with Gasteiger partial charge in [-0.3, -0.25) is 4.79 Å². The van der Waals surface area contributed by atoms with Crippen LogP contribution in [0, 0.1) is 6.92 Å². The smallest absolute Gasteiger partial charge is 0.271 e. The van der Waals surface area contributed by atoms with Gasteiger partial charge in [0.25, 0.3) is 5.91 Å². The lowest BCUT2D eigenvalue weighted by Gasteiger charge is -2.43. The molecule has 0 bridgehead atoms. The lowest BCUT2D eigenvalue weighted by Crippen LogP contribution is -2.63. The number of benzene rings is 2. The Morgan fingerprint density at radius 2 is 1.85 bits per heavy atom. The number of imidazole rings is 1. The molecule has 2 amide bonds. The van der Waals surface area contributed by atoms with Crippen molar-refractivity contribution < 1.29 is 9.59 Å². The van der Waals surface area contributed by atoms with Crippen LogP contribution in [0.1, 0.15) is 17.4 Å². The van der Waals surface area contributed by atoms with Crippen molar-refractivity contribution in [3.05, 3.63) is 64.9 Å². The van der Waals surface area contributed by atoms with Gasteiger partial charge in [0.05, 0.1) is 11.0 Å². The number of fused-ring (bicyclic) bond motifs is 1. The summed E-state index contributed by atoms with van der Waals surface area (Å²) in [4.78, 5) is 29.3. The largest absolute Gasteiger partial charge is 0.346 e. The highest BCUT2D eigenvalue weighted by Gasteiger charge is 2.48. The van der Waals surface area contributed by atoms with Crippen LogP contribution in [0.4, 0.5) is 4.79 Å². The van der Waals surface area contributed by atoms with Gasteiger partial charge in [-0.25, -0.2) is 24.8 Å². The number of aromatic nitrogens is 2. The Hall–Kier alpha value is -2.57. The van der Waals surface area contributed by atoms with Crippen molar-refractivity contribution in [2.45, 2.75) is 18.3 Å². The molecule has 6 nitrogen and oxygen atoms in total. The van der Waals surface area contributed by atoms with Crippen LogP contribution >= 0.6 is 23.2 Å². The molecule has 1 aromatic heterocycles. The third-order valence-corrected chi connectivity index (χ3v) is 5.07. The second-order valence-corrected chi connectivity index (χ2v) is 6.91. The first-order chi connectivity index (χ1) is 12.5. The number of para-hydroxylation sites is 2. The lowest BCUT2D eigenvalue weighted by atomic mass is 9.95. The number of hydrogen-bond donors (Lipinski definition) is 1. The predicted octanol–water partition coefficient (Wildman–Crippen LogP) is 3.66. The maximum atomic E-state index is 12.8. The normalized spacial score (nSPS) is 19.5. The van der Waals surface area contributed by atoms with Crippen molar-refractivity contribution in [3.63, 3.8) is 0 Å². The van der Waals surface area contributed by atoms with Crippen molar-refractivity contribution in [1.29, 1.82) is 0 Å². The van der Waals surface area contributed by atoms with Crippen LogP contribution in [0.3, 0.4) is 0 Å². The van der Waals surface area contributed by atoms with Gasteiger partial charge in [0.15, 0.2) is 0 Å². The van der Waals surface area contributed by atoms with Gasteiger partial charge in [0, 0.05) is 5.02 Å². The average molecular weight is 389 g/mol. The highest BCUT2D eigenvalue weighted by Crippen LogP contribution is 2.37. The van der Waals surface area contributed by atoms with Gasteiger partial charge in [0.2, 0.25) is 0 Å². The Morgan fingerprint density at radius 1 is 1.15 bits per heavy atom. The summed E-state index contributed by atoms with van der Waals surface area (Å²) in [6.07, 6.45) is 0. The van der Waals surface area contributed by atoms with Crippen LogP contribution in [0.25, 0.3) is 11.0 Å². The molecule has 1 aliphatic heterocycles. The highest BCUT2D eigenvalue weighted by atomic mass is 35.5. The van der Waals surface area contributed by atoms with Crippen molar-refractivity contribution in [1.82, 2.24) is 20.0 Å². The minimum Gasteiger partial charge on any atom is -0.271 e. The maximum absolute atomic E-state index is 12.8. The molecule has 0 spiro atoms. The number of amides is 2. The van der Waals surface area contributed by atoms with Crippen molar-refractivity contribution in [2.24, 2.45) is 0 Å². The zero-order valence-corrected chi connectivity index (χ0v) is 15.2. The summed E-state index contributed by atoms with van der Waals surface area (Å²) in [6.45, 7) is 1.73. The topological polar surface area (TPSA) is 67.2 Å². The van der Waals surface area contributed by atoms with Gasteiger partial charge in [-0.2, -0.15) is 0 Å². The molecular weight excluding hydrogens is 375 g/mol. The Labute approximate surface area is 159 Å². The van der Waals surface area contributed by atoms with E-state index in [-0.39, 0.29) is 5.91 Å². The molecule has 2 heterocycles. The second-order valence-electron chi connectivity index (χ2n) is 6.01. The van der Waals surface area contributed by atoms with Gasteiger partial charge in [-0.05, 0) is 36.8 Å². The third kappa shape index (κ3) is 2.62. The third-order valence-electron chi connectivity index (χ3n) is 4.39. The van der Waals surface area contributed by atoms with Crippen LogP contribution in [0.2, 0.25) is 5.02 Å². The number of alkyl halides is 1. The first-order valence-corrected chi connectivity index (χ1v) is 8.76. The quantitative estimate of drug-likeness (QED) is 0.537. The zero-order chi connectivity index (χ0) is 18.4. The molecule has 0 radical (unpaired) electrons. The standard InChI is InChI=1S/C18H14Cl2N4O2/c1-10-21-13-4-2-3-5-14(13)23(10)18(26)22-24-16(15(20)17(24)25)11-6-8-12(19)9-7-11/h2-9,15-16H,1H3,(H,22,26). The van der Waals surface area contributed by atoms with Crippen molar-refractivity contribution in [2.75, 3.05) is 0 Å². The van der Waals surface area contributed by atoms with Crippen LogP contribution in [-0.2, 0) is 4.79 Å². The Kier molecular flexibility index (Phi) is 4.09. The molecule has 2 unspecified atom stereocenters. The SMILES string of the molecule is Cc1nc2ccccc2n1C(=O)NN1C(=O)C(Cl)C1c1ccc(Cl)cc1. The van der Waals surface area contributed by atoms with E-state index >= 15 is 0 Å². The minimum absolute atomic E-state index is 0.359. The summed E-state index contributed by atoms with van der Waals surface area (Å²) < 4.78 is 1.43. The zero-order valence-electron chi connectivity index (χ0n) is 13.7. The monoisotopic (exact) mass is 388 g/mol. The Balaban J connectivity index is 1.62. The number of hydrazine groups is 1. The van der Waals surface area contributed by atoms with E-state index < -0.39 is 17.5 Å². The molecule has 4 rings (SSSR count). The fraction of sp³-hybridized carbons (Fsp3) is 0.167. The van der Waals surface area contributed by atoms with Crippen LogP contribution in [0.5, 0.6) is 0 Å². The number of nitrogens with one attached hydrogen (secondary N) is 1. The minimum atomic E-state index is -0.739. The van der Waals surface area contributed by atoms with Gasteiger partial charge in [0.1, 0.15) is 17.2 Å². The summed E-state index contributed by atoms with van der Waals surface area (Å²) in [7, 11) is 0. The molecule has 0 aliphatic carbocycles. The van der Waals surface area contributed by atoms with Crippen LogP contribution in [-0.4, -0.2) is 31.9 Å². The first kappa shape index (κ1) is 16.9. The highest BCUT2D eigenvalue weighted by molar-refractivity contribution is 6.33. The molecule has 2 atom stereocenters. The Morgan fingerprint density at radius 3 is 2.58 bits per heavy atom. The number of nitrogens with zero attached hydrogens (tertiary/aromatic N) is 3. The number of rotatable bonds is 2. The molecule has 1 aliphatic rings. The van der Waals surface area contributed by atoms with E-state index in [0.29, 0.717) is 21.9 Å². The number of β-lactam (4-membered cyclic amide) rings is 1. The van der Waals surface area contributed by atoms with Crippen molar-refractivity contribution in [3.8, 4) is 0 Å². The first-order valence-electron chi connectivity index (χ1n) is 7.95. The van der Waals surface area contributed by atoms with E-state index in [0.717, 1.165) is 5.56 Å². The molecule has 1 saturated heterocycles. The summed E-state index contributed by atoms with van der Waals surface area (Å²) in [5.74, 6) is 0.171. The van der Waals surface area contributed by atoms with E-state index in [1.807, 2.05) is 18.2 Å². The number of carbonyl (C=O) groups is 2. The molecule has 2 aromatic carbocycles. The fourth-order valence-electron chi connectivity index (χ4n) is 3.11. The van der Waals surface area contributed by atoms with Crippen LogP contribution < -0.4 is 5.43 Å². The lowest BCUT2D eigenvalue weighted by molar-refractivity contribution is -0.149. The van der Waals surface area contributed by atoms with E-state index in [1.165, 1.54) is 9.58 Å². The molecule has 26 heavy (non-hydrogen) atoms. The second kappa shape index (κ2) is 6.30. The molecular formula is C18H14Cl2N4O2. The molecule has 0 saturated carbocycles. The molecule has 8 heteroatoms. The van der Waals surface area contributed by atoms with Gasteiger partial charge in [-0.15, -0.1) is 11.6 Å². The van der Waals surface area contributed by atoms with Gasteiger partial charge >= 0.3 is 6.03 Å². The number of aryl methyl sites for hydroxylation is 1. The summed E-state index contributed by atoms with van der Waals surface area (Å²) in [5.41, 5.74) is 4.81. The molecule has 3 aromatic rings. The molecule has 1 N–H and O–H groups in total. The van der Waals surface area contributed by atoms with Crippen molar-refractivity contribution >= 4 is 46.2 Å². The number of hydrogen-bond acceptors (Lipinski definition) is 3. The predicted molar refractivity (Wildman–Crippen MR) is 99.1 cm³/mol. The number of carbonyl (C=O) groups excluding carboxylic acids is 2. The Bertz CT molecular complexity index is 1020. The van der Waals surface area contributed by atoms with E-state index in [4.69, 9.17) is 23.2 Å². The van der Waals surface area contributed by atoms with E-state index in [2.05, 4.69) is 10.4 Å². The molecule has 132 valence electrons. The van der Waals surface area contributed by atoms with Gasteiger partial charge < -0.3 is 0 Å². The average Bonchev–Trinajstić information content (AvgIpc) is 2.98. The summed E-state index contributed by atoms with van der Waals surface area (Å²) in [5, 5.41) is 1.09. The fourth-order valence-corrected chi connectivity index (χ4v) is 3.60.